The first-order valence-electron chi connectivity index (χ1n) is 8.76. The van der Waals surface area contributed by atoms with Gasteiger partial charge in [-0.25, -0.2) is 4.98 Å². The van der Waals surface area contributed by atoms with Crippen molar-refractivity contribution < 1.29 is 5.11 Å². The zero-order valence-electron chi connectivity index (χ0n) is 14.7. The average Bonchev–Trinajstić information content (AvgIpc) is 3.22. The van der Waals surface area contributed by atoms with Gasteiger partial charge in [0, 0.05) is 23.0 Å². The Morgan fingerprint density at radius 1 is 0.852 bits per heavy atom. The third-order valence-corrected chi connectivity index (χ3v) is 5.09. The largest absolute Gasteiger partial charge is 0.378 e. The van der Waals surface area contributed by atoms with Gasteiger partial charge in [0.05, 0.1) is 12.9 Å². The minimum absolute atomic E-state index is 0.321. The third-order valence-electron chi connectivity index (χ3n) is 4.76. The van der Waals surface area contributed by atoms with E-state index in [0.717, 1.165) is 16.7 Å². The van der Waals surface area contributed by atoms with Crippen molar-refractivity contribution in [2.24, 2.45) is 0 Å². The molecule has 3 aromatic carbocycles. The summed E-state index contributed by atoms with van der Waals surface area (Å²) >= 11 is 6.44. The molecule has 134 valence electrons. The third kappa shape index (κ3) is 3.52. The zero-order chi connectivity index (χ0) is 18.7. The predicted octanol–water partition coefficient (Wildman–Crippen LogP) is 5.14. The number of halogens is 1. The van der Waals surface area contributed by atoms with E-state index in [-0.39, 0.29) is 0 Å². The van der Waals surface area contributed by atoms with E-state index < -0.39 is 5.60 Å². The second-order valence-electron chi connectivity index (χ2n) is 6.52. The van der Waals surface area contributed by atoms with Gasteiger partial charge in [0.25, 0.3) is 0 Å². The SMILES string of the molecule is OC(Cn1ccnc1)(c1ccc(-c2ccccc2)cc1)c1ccccc1Cl. The van der Waals surface area contributed by atoms with Crippen molar-refractivity contribution >= 4 is 11.6 Å². The Morgan fingerprint density at radius 3 is 2.19 bits per heavy atom. The number of imidazole rings is 1. The molecule has 0 fully saturated rings. The van der Waals surface area contributed by atoms with Crippen LogP contribution in [-0.4, -0.2) is 14.7 Å². The van der Waals surface area contributed by atoms with E-state index in [4.69, 9.17) is 11.6 Å². The van der Waals surface area contributed by atoms with E-state index in [1.54, 1.807) is 18.6 Å². The molecular formula is C23H19ClN2O. The van der Waals surface area contributed by atoms with Crippen LogP contribution in [0.4, 0.5) is 0 Å². The predicted molar refractivity (Wildman–Crippen MR) is 109 cm³/mol. The number of hydrogen-bond acceptors (Lipinski definition) is 2. The van der Waals surface area contributed by atoms with Crippen LogP contribution in [0.5, 0.6) is 0 Å². The molecule has 0 aliphatic rings. The average molecular weight is 375 g/mol. The fourth-order valence-corrected chi connectivity index (χ4v) is 3.63. The molecule has 0 aliphatic carbocycles. The zero-order valence-corrected chi connectivity index (χ0v) is 15.4. The van der Waals surface area contributed by atoms with Crippen LogP contribution in [0.3, 0.4) is 0 Å². The lowest BCUT2D eigenvalue weighted by atomic mass is 9.85. The maximum atomic E-state index is 11.7. The molecule has 4 aromatic rings. The van der Waals surface area contributed by atoms with Crippen LogP contribution in [0, 0.1) is 0 Å². The van der Waals surface area contributed by atoms with Gasteiger partial charge in [-0.1, -0.05) is 84.4 Å². The van der Waals surface area contributed by atoms with Crippen molar-refractivity contribution in [3.63, 3.8) is 0 Å². The van der Waals surface area contributed by atoms with Gasteiger partial charge >= 0.3 is 0 Å². The Balaban J connectivity index is 1.78. The van der Waals surface area contributed by atoms with Crippen LogP contribution in [-0.2, 0) is 12.1 Å². The number of aromatic nitrogens is 2. The molecular weight excluding hydrogens is 356 g/mol. The quantitative estimate of drug-likeness (QED) is 0.525. The summed E-state index contributed by atoms with van der Waals surface area (Å²) in [4.78, 5) is 4.09. The van der Waals surface area contributed by atoms with E-state index in [0.29, 0.717) is 17.1 Å². The lowest BCUT2D eigenvalue weighted by Crippen LogP contribution is -2.32. The maximum absolute atomic E-state index is 11.7. The second kappa shape index (κ2) is 7.39. The highest BCUT2D eigenvalue weighted by molar-refractivity contribution is 6.31. The van der Waals surface area contributed by atoms with Crippen LogP contribution in [0.2, 0.25) is 5.02 Å². The Hall–Kier alpha value is -2.88. The van der Waals surface area contributed by atoms with E-state index >= 15 is 0 Å². The first-order valence-corrected chi connectivity index (χ1v) is 9.14. The summed E-state index contributed by atoms with van der Waals surface area (Å²) in [5.41, 5.74) is 2.43. The minimum Gasteiger partial charge on any atom is -0.378 e. The molecule has 1 unspecified atom stereocenters. The molecule has 0 amide bonds. The van der Waals surface area contributed by atoms with Gasteiger partial charge in [0.1, 0.15) is 5.60 Å². The van der Waals surface area contributed by atoms with Gasteiger partial charge in [0.2, 0.25) is 0 Å². The van der Waals surface area contributed by atoms with Crippen molar-refractivity contribution in [1.29, 1.82) is 0 Å². The second-order valence-corrected chi connectivity index (χ2v) is 6.93. The fourth-order valence-electron chi connectivity index (χ4n) is 3.34. The van der Waals surface area contributed by atoms with Crippen molar-refractivity contribution in [3.05, 3.63) is 114 Å². The molecule has 0 spiro atoms. The summed E-state index contributed by atoms with van der Waals surface area (Å²) in [7, 11) is 0. The summed E-state index contributed by atoms with van der Waals surface area (Å²) < 4.78 is 1.86. The molecule has 0 radical (unpaired) electrons. The topological polar surface area (TPSA) is 38.0 Å². The Bertz CT molecular complexity index is 1010. The van der Waals surface area contributed by atoms with Gasteiger partial charge in [-0.05, 0) is 22.8 Å². The van der Waals surface area contributed by atoms with Gasteiger partial charge in [0.15, 0.2) is 0 Å². The molecule has 0 saturated carbocycles. The Morgan fingerprint density at radius 2 is 1.52 bits per heavy atom. The maximum Gasteiger partial charge on any atom is 0.134 e. The number of nitrogens with zero attached hydrogens (tertiary/aromatic N) is 2. The Labute approximate surface area is 163 Å². The van der Waals surface area contributed by atoms with Crippen LogP contribution >= 0.6 is 11.6 Å². The van der Waals surface area contributed by atoms with E-state index in [1.165, 1.54) is 0 Å². The van der Waals surface area contributed by atoms with Crippen molar-refractivity contribution in [2.45, 2.75) is 12.1 Å². The highest BCUT2D eigenvalue weighted by Gasteiger charge is 2.34. The minimum atomic E-state index is -1.27. The molecule has 3 nitrogen and oxygen atoms in total. The van der Waals surface area contributed by atoms with Crippen molar-refractivity contribution in [3.8, 4) is 11.1 Å². The van der Waals surface area contributed by atoms with Crippen molar-refractivity contribution in [1.82, 2.24) is 9.55 Å². The highest BCUT2D eigenvalue weighted by atomic mass is 35.5. The number of aliphatic hydroxyl groups is 1. The first-order chi connectivity index (χ1) is 13.2. The lowest BCUT2D eigenvalue weighted by molar-refractivity contribution is 0.0613. The molecule has 0 bridgehead atoms. The fraction of sp³-hybridized carbons (Fsp3) is 0.0870. The summed E-state index contributed by atoms with van der Waals surface area (Å²) in [6, 6.07) is 25.6. The summed E-state index contributed by atoms with van der Waals surface area (Å²) in [5.74, 6) is 0. The number of benzene rings is 3. The molecule has 1 aromatic heterocycles. The standard InChI is InChI=1S/C23H19ClN2O/c24-22-9-5-4-8-21(22)23(27,16-26-15-14-25-17-26)20-12-10-19(11-13-20)18-6-2-1-3-7-18/h1-15,17,27H,16H2. The molecule has 0 aliphatic heterocycles. The molecule has 1 atom stereocenters. The number of rotatable bonds is 5. The van der Waals surface area contributed by atoms with E-state index in [9.17, 15) is 5.11 Å². The lowest BCUT2D eigenvalue weighted by Gasteiger charge is -2.30. The monoisotopic (exact) mass is 374 g/mol. The molecule has 27 heavy (non-hydrogen) atoms. The van der Waals surface area contributed by atoms with Crippen LogP contribution < -0.4 is 0 Å². The van der Waals surface area contributed by atoms with Crippen molar-refractivity contribution in [2.75, 3.05) is 0 Å². The van der Waals surface area contributed by atoms with E-state index in [1.807, 2.05) is 71.4 Å². The highest BCUT2D eigenvalue weighted by Crippen LogP contribution is 2.36. The van der Waals surface area contributed by atoms with Gasteiger partial charge in [-0.15, -0.1) is 0 Å². The van der Waals surface area contributed by atoms with Gasteiger partial charge in [-0.3, -0.25) is 0 Å². The van der Waals surface area contributed by atoms with Gasteiger partial charge < -0.3 is 9.67 Å². The summed E-state index contributed by atoms with van der Waals surface area (Å²) in [6.45, 7) is 0.321. The van der Waals surface area contributed by atoms with Crippen LogP contribution in [0.1, 0.15) is 11.1 Å². The Kier molecular flexibility index (Phi) is 4.80. The smallest absolute Gasteiger partial charge is 0.134 e. The molecule has 4 heteroatoms. The van der Waals surface area contributed by atoms with Crippen LogP contribution in [0.25, 0.3) is 11.1 Å². The van der Waals surface area contributed by atoms with Gasteiger partial charge in [-0.2, -0.15) is 0 Å². The molecule has 0 saturated heterocycles. The first kappa shape index (κ1) is 17.5. The van der Waals surface area contributed by atoms with Crippen LogP contribution in [0.15, 0.2) is 97.6 Å². The van der Waals surface area contributed by atoms with E-state index in [2.05, 4.69) is 17.1 Å². The molecule has 1 N–H and O–H groups in total. The number of hydrogen-bond donors (Lipinski definition) is 1. The summed E-state index contributed by atoms with van der Waals surface area (Å²) in [5, 5.41) is 12.3. The normalized spacial score (nSPS) is 13.3. The summed E-state index contributed by atoms with van der Waals surface area (Å²) in [6.07, 6.45) is 5.23. The molecule has 4 rings (SSSR count). The molecule has 1 heterocycles.